The van der Waals surface area contributed by atoms with E-state index >= 15 is 0 Å². The highest BCUT2D eigenvalue weighted by Gasteiger charge is 2.16. The van der Waals surface area contributed by atoms with E-state index in [1.165, 1.54) is 0 Å². The van der Waals surface area contributed by atoms with Gasteiger partial charge >= 0.3 is 0 Å². The first-order valence-electron chi connectivity index (χ1n) is 3.27. The third kappa shape index (κ3) is 1.58. The lowest BCUT2D eigenvalue weighted by Crippen LogP contribution is -2.09. The minimum Gasteiger partial charge on any atom is -0.392 e. The van der Waals surface area contributed by atoms with Crippen LogP contribution < -0.4 is 0 Å². The molecule has 0 aromatic heterocycles. The third-order valence-electron chi connectivity index (χ3n) is 1.63. The maximum absolute atomic E-state index is 11.0. The molecule has 1 N–H and O–H groups in total. The van der Waals surface area contributed by atoms with Crippen LogP contribution in [0.25, 0.3) is 0 Å². The Morgan fingerprint density at radius 2 is 2.20 bits per heavy atom. The Morgan fingerprint density at radius 3 is 2.70 bits per heavy atom. The van der Waals surface area contributed by atoms with Crippen molar-refractivity contribution in [3.8, 4) is 0 Å². The lowest BCUT2D eigenvalue weighted by atomic mass is 9.99. The topological polar surface area (TPSA) is 37.3 Å². The van der Waals surface area contributed by atoms with Crippen LogP contribution in [-0.2, 0) is 4.79 Å². The molecule has 3 heteroatoms. The van der Waals surface area contributed by atoms with Crippen molar-refractivity contribution in [3.63, 3.8) is 0 Å². The third-order valence-corrected chi connectivity index (χ3v) is 2.99. The molecule has 10 heavy (non-hydrogen) atoms. The quantitative estimate of drug-likeness (QED) is 0.716. The fraction of sp³-hybridized carbons (Fsp3) is 0.571. The largest absolute Gasteiger partial charge is 0.392 e. The van der Waals surface area contributed by atoms with Crippen LogP contribution in [0, 0.1) is 0 Å². The van der Waals surface area contributed by atoms with E-state index in [-0.39, 0.29) is 12.4 Å². The number of rotatable bonds is 1. The van der Waals surface area contributed by atoms with Gasteiger partial charge in [-0.25, -0.2) is 0 Å². The second-order valence-electron chi connectivity index (χ2n) is 2.35. The standard InChI is InChI=1S/C7H9IO2/c8-7-5(4-9)2-1-3-6(7)10/h9H,1-4H2. The van der Waals surface area contributed by atoms with Crippen molar-refractivity contribution in [2.24, 2.45) is 0 Å². The van der Waals surface area contributed by atoms with Gasteiger partial charge in [0.15, 0.2) is 5.78 Å². The van der Waals surface area contributed by atoms with Gasteiger partial charge in [0.1, 0.15) is 0 Å². The molecule has 0 saturated heterocycles. The van der Waals surface area contributed by atoms with Crippen molar-refractivity contribution in [1.82, 2.24) is 0 Å². The van der Waals surface area contributed by atoms with E-state index in [9.17, 15) is 4.79 Å². The first kappa shape index (κ1) is 8.20. The number of carbonyl (C=O) groups excluding carboxylic acids is 1. The molecule has 0 radical (unpaired) electrons. The molecule has 0 amide bonds. The van der Waals surface area contributed by atoms with Gasteiger partial charge in [0, 0.05) is 6.42 Å². The summed E-state index contributed by atoms with van der Waals surface area (Å²) in [5, 5.41) is 8.76. The molecule has 0 aliphatic heterocycles. The van der Waals surface area contributed by atoms with E-state index in [1.54, 1.807) is 0 Å². The molecule has 0 atom stereocenters. The highest BCUT2D eigenvalue weighted by Crippen LogP contribution is 2.25. The number of hydrogen-bond donors (Lipinski definition) is 1. The minimum absolute atomic E-state index is 0.0456. The number of Topliss-reactive ketones (excluding diaryl/α,β-unsaturated/α-hetero) is 1. The molecule has 1 aliphatic carbocycles. The van der Waals surface area contributed by atoms with Crippen molar-refractivity contribution in [2.75, 3.05) is 6.61 Å². The highest BCUT2D eigenvalue weighted by molar-refractivity contribution is 14.1. The van der Waals surface area contributed by atoms with Gasteiger partial charge in [-0.3, -0.25) is 4.79 Å². The zero-order chi connectivity index (χ0) is 7.56. The summed E-state index contributed by atoms with van der Waals surface area (Å²) in [5.41, 5.74) is 0.914. The van der Waals surface area contributed by atoms with Crippen molar-refractivity contribution >= 4 is 28.4 Å². The molecule has 0 heterocycles. The number of allylic oxidation sites excluding steroid dienone is 1. The summed E-state index contributed by atoms with van der Waals surface area (Å²) >= 11 is 2.01. The predicted molar refractivity (Wildman–Crippen MR) is 47.0 cm³/mol. The zero-order valence-corrected chi connectivity index (χ0v) is 7.72. The maximum Gasteiger partial charge on any atom is 0.168 e. The number of ketones is 1. The van der Waals surface area contributed by atoms with Gasteiger partial charge in [-0.05, 0) is 41.0 Å². The fourth-order valence-corrected chi connectivity index (χ4v) is 1.74. The molecule has 2 nitrogen and oxygen atoms in total. The Morgan fingerprint density at radius 1 is 1.50 bits per heavy atom. The highest BCUT2D eigenvalue weighted by atomic mass is 127. The van der Waals surface area contributed by atoms with Crippen LogP contribution in [0.1, 0.15) is 19.3 Å². The van der Waals surface area contributed by atoms with E-state index in [0.717, 1.165) is 22.0 Å². The SMILES string of the molecule is O=C1CCCC(CO)=C1I. The van der Waals surface area contributed by atoms with Gasteiger partial charge in [-0.15, -0.1) is 0 Å². The number of halogens is 1. The summed E-state index contributed by atoms with van der Waals surface area (Å²) in [4.78, 5) is 11.0. The Hall–Kier alpha value is 0.100. The summed E-state index contributed by atoms with van der Waals surface area (Å²) in [6.45, 7) is 0.0456. The summed E-state index contributed by atoms with van der Waals surface area (Å²) in [6.07, 6.45) is 2.45. The smallest absolute Gasteiger partial charge is 0.168 e. The number of carbonyl (C=O) groups is 1. The molecule has 0 saturated carbocycles. The van der Waals surface area contributed by atoms with Crippen LogP contribution in [0.5, 0.6) is 0 Å². The van der Waals surface area contributed by atoms with Crippen molar-refractivity contribution in [2.45, 2.75) is 19.3 Å². The molecule has 0 unspecified atom stereocenters. The van der Waals surface area contributed by atoms with Gasteiger partial charge in [0.25, 0.3) is 0 Å². The normalized spacial score (nSPS) is 20.0. The molecular weight excluding hydrogens is 243 g/mol. The second-order valence-corrected chi connectivity index (χ2v) is 3.43. The molecule has 56 valence electrons. The predicted octanol–water partition coefficient (Wildman–Crippen LogP) is 1.42. The van der Waals surface area contributed by atoms with E-state index in [4.69, 9.17) is 5.11 Å². The molecule has 0 fully saturated rings. The first-order valence-corrected chi connectivity index (χ1v) is 4.35. The Labute approximate surface area is 73.5 Å². The van der Waals surface area contributed by atoms with Crippen LogP contribution in [0.15, 0.2) is 9.15 Å². The lowest BCUT2D eigenvalue weighted by Gasteiger charge is -2.12. The molecule has 0 bridgehead atoms. The van der Waals surface area contributed by atoms with Crippen LogP contribution in [0.4, 0.5) is 0 Å². The first-order chi connectivity index (χ1) is 4.75. The molecule has 1 aliphatic rings. The number of aliphatic hydroxyl groups excluding tert-OH is 1. The summed E-state index contributed by atoms with van der Waals surface area (Å²) in [5.74, 6) is 0.191. The molecule has 0 aromatic carbocycles. The van der Waals surface area contributed by atoms with Crippen LogP contribution in [0.2, 0.25) is 0 Å². The molecule has 1 rings (SSSR count). The summed E-state index contributed by atoms with van der Waals surface area (Å²) in [7, 11) is 0. The van der Waals surface area contributed by atoms with Crippen molar-refractivity contribution in [1.29, 1.82) is 0 Å². The van der Waals surface area contributed by atoms with Crippen LogP contribution in [0.3, 0.4) is 0 Å². The van der Waals surface area contributed by atoms with Gasteiger partial charge in [0.05, 0.1) is 10.2 Å². The van der Waals surface area contributed by atoms with E-state index < -0.39 is 0 Å². The summed E-state index contributed by atoms with van der Waals surface area (Å²) < 4.78 is 0.756. The Bertz CT molecular complexity index is 184. The van der Waals surface area contributed by atoms with E-state index in [1.807, 2.05) is 22.6 Å². The van der Waals surface area contributed by atoms with Gasteiger partial charge in [0.2, 0.25) is 0 Å². The molecular formula is C7H9IO2. The summed E-state index contributed by atoms with van der Waals surface area (Å²) in [6, 6.07) is 0. The number of hydrogen-bond acceptors (Lipinski definition) is 2. The van der Waals surface area contributed by atoms with Crippen LogP contribution >= 0.6 is 22.6 Å². The molecule has 0 aromatic rings. The van der Waals surface area contributed by atoms with Crippen molar-refractivity contribution in [3.05, 3.63) is 9.15 Å². The average Bonchev–Trinajstić information content (AvgIpc) is 1.95. The second kappa shape index (κ2) is 3.48. The van der Waals surface area contributed by atoms with Gasteiger partial charge in [-0.1, -0.05) is 0 Å². The van der Waals surface area contributed by atoms with E-state index in [0.29, 0.717) is 6.42 Å². The zero-order valence-electron chi connectivity index (χ0n) is 5.56. The Balaban J connectivity index is 2.82. The maximum atomic E-state index is 11.0. The fourth-order valence-electron chi connectivity index (χ4n) is 1.03. The lowest BCUT2D eigenvalue weighted by molar-refractivity contribution is -0.115. The van der Waals surface area contributed by atoms with Crippen LogP contribution in [-0.4, -0.2) is 17.5 Å². The monoisotopic (exact) mass is 252 g/mol. The average molecular weight is 252 g/mol. The van der Waals surface area contributed by atoms with Gasteiger partial charge in [-0.2, -0.15) is 0 Å². The number of aliphatic hydroxyl groups is 1. The Kier molecular flexibility index (Phi) is 2.85. The van der Waals surface area contributed by atoms with Crippen molar-refractivity contribution < 1.29 is 9.90 Å². The molecule has 0 spiro atoms. The van der Waals surface area contributed by atoms with Gasteiger partial charge < -0.3 is 5.11 Å². The van der Waals surface area contributed by atoms with E-state index in [2.05, 4.69) is 0 Å². The minimum atomic E-state index is 0.0456.